The van der Waals surface area contributed by atoms with Crippen LogP contribution in [0.3, 0.4) is 0 Å². The van der Waals surface area contributed by atoms with Gasteiger partial charge in [0.05, 0.1) is 12.3 Å². The van der Waals surface area contributed by atoms with Crippen LogP contribution in [0.25, 0.3) is 11.3 Å². The van der Waals surface area contributed by atoms with E-state index in [0.717, 1.165) is 15.7 Å². The first-order valence-corrected chi connectivity index (χ1v) is 10.7. The summed E-state index contributed by atoms with van der Waals surface area (Å²) in [7, 11) is 0. The lowest BCUT2D eigenvalue weighted by Crippen LogP contribution is -2.23. The third kappa shape index (κ3) is 6.30. The van der Waals surface area contributed by atoms with E-state index in [-0.39, 0.29) is 6.61 Å². The van der Waals surface area contributed by atoms with Crippen molar-refractivity contribution >= 4 is 44.3 Å². The van der Waals surface area contributed by atoms with E-state index in [1.54, 1.807) is 24.3 Å². The molecule has 7 nitrogen and oxygen atoms in total. The normalized spacial score (nSPS) is 10.3. The van der Waals surface area contributed by atoms with Crippen LogP contribution in [-0.4, -0.2) is 36.7 Å². The van der Waals surface area contributed by atoms with Gasteiger partial charge in [-0.25, -0.2) is 9.78 Å². The van der Waals surface area contributed by atoms with Gasteiger partial charge in [-0.3, -0.25) is 10.1 Å². The highest BCUT2D eigenvalue weighted by Crippen LogP contribution is 2.27. The van der Waals surface area contributed by atoms with Crippen LogP contribution in [-0.2, 0) is 14.3 Å². The summed E-state index contributed by atoms with van der Waals surface area (Å²) in [6, 6.07) is 14.7. The Morgan fingerprint density at radius 1 is 1.07 bits per heavy atom. The van der Waals surface area contributed by atoms with Crippen LogP contribution >= 0.6 is 27.3 Å². The van der Waals surface area contributed by atoms with E-state index in [2.05, 4.69) is 26.2 Å². The van der Waals surface area contributed by atoms with Crippen LogP contribution in [0.4, 0.5) is 5.13 Å². The maximum atomic E-state index is 12.0. The summed E-state index contributed by atoms with van der Waals surface area (Å²) in [4.78, 5) is 28.3. The zero-order valence-electron chi connectivity index (χ0n) is 16.1. The summed E-state index contributed by atoms with van der Waals surface area (Å²) in [6.45, 7) is 1.57. The molecule has 1 heterocycles. The summed E-state index contributed by atoms with van der Waals surface area (Å²) in [5.74, 6) is -0.169. The van der Waals surface area contributed by atoms with E-state index in [4.69, 9.17) is 14.2 Å². The summed E-state index contributed by atoms with van der Waals surface area (Å²) < 4.78 is 16.7. The summed E-state index contributed by atoms with van der Waals surface area (Å²) >= 11 is 4.71. The van der Waals surface area contributed by atoms with Gasteiger partial charge >= 0.3 is 5.97 Å². The molecule has 0 aliphatic heterocycles. The number of halogens is 1. The molecule has 0 radical (unpaired) electrons. The van der Waals surface area contributed by atoms with E-state index in [1.165, 1.54) is 11.3 Å². The van der Waals surface area contributed by atoms with Crippen LogP contribution in [0.15, 0.2) is 58.4 Å². The van der Waals surface area contributed by atoms with Gasteiger partial charge in [0.15, 0.2) is 29.8 Å². The van der Waals surface area contributed by atoms with Crippen molar-refractivity contribution in [1.29, 1.82) is 0 Å². The third-order valence-electron chi connectivity index (χ3n) is 3.73. The molecule has 3 aromatic rings. The quantitative estimate of drug-likeness (QED) is 0.443. The first-order valence-electron chi connectivity index (χ1n) is 9.06. The number of carbonyl (C=O) groups excluding carboxylic acids is 2. The van der Waals surface area contributed by atoms with E-state index in [0.29, 0.717) is 23.2 Å². The SMILES string of the molecule is CCOc1ccccc1OCC(=O)OCC(=O)Nc1nc(-c2cccc(Br)c2)cs1. The number of hydrogen-bond acceptors (Lipinski definition) is 7. The summed E-state index contributed by atoms with van der Waals surface area (Å²) in [5.41, 5.74) is 1.67. The Morgan fingerprint density at radius 2 is 1.83 bits per heavy atom. The Bertz CT molecular complexity index is 1020. The van der Waals surface area contributed by atoms with E-state index >= 15 is 0 Å². The highest BCUT2D eigenvalue weighted by atomic mass is 79.9. The van der Waals surface area contributed by atoms with Gasteiger partial charge in [-0.05, 0) is 31.2 Å². The zero-order valence-corrected chi connectivity index (χ0v) is 18.5. The second-order valence-corrected chi connectivity index (χ2v) is 7.70. The van der Waals surface area contributed by atoms with Gasteiger partial charge in [0, 0.05) is 15.4 Å². The number of hydrogen-bond donors (Lipinski definition) is 1. The molecule has 0 aliphatic carbocycles. The van der Waals surface area contributed by atoms with E-state index in [1.807, 2.05) is 36.6 Å². The molecule has 0 fully saturated rings. The number of aromatic nitrogens is 1. The van der Waals surface area contributed by atoms with Crippen molar-refractivity contribution in [3.8, 4) is 22.8 Å². The standard InChI is InChI=1S/C21H19BrN2O5S/c1-2-27-17-8-3-4-9-18(17)28-12-20(26)29-11-19(25)24-21-23-16(13-30-21)14-6-5-7-15(22)10-14/h3-10,13H,2,11-12H2,1H3,(H,23,24,25). The van der Waals surface area contributed by atoms with Crippen LogP contribution in [0, 0.1) is 0 Å². The summed E-state index contributed by atoms with van der Waals surface area (Å²) in [5, 5.41) is 4.88. The lowest BCUT2D eigenvalue weighted by atomic mass is 10.2. The number of rotatable bonds is 9. The lowest BCUT2D eigenvalue weighted by Gasteiger charge is -2.11. The van der Waals surface area contributed by atoms with Gasteiger partial charge < -0.3 is 14.2 Å². The molecule has 0 aliphatic rings. The lowest BCUT2D eigenvalue weighted by molar-refractivity contribution is -0.149. The molecular formula is C21H19BrN2O5S. The van der Waals surface area contributed by atoms with Gasteiger partial charge in [-0.1, -0.05) is 40.2 Å². The Morgan fingerprint density at radius 3 is 2.57 bits per heavy atom. The topological polar surface area (TPSA) is 86.8 Å². The molecule has 0 saturated carbocycles. The van der Waals surface area contributed by atoms with Crippen molar-refractivity contribution in [2.75, 3.05) is 25.1 Å². The molecule has 156 valence electrons. The number of amides is 1. The molecule has 0 atom stereocenters. The van der Waals surface area contributed by atoms with Crippen molar-refractivity contribution in [2.24, 2.45) is 0 Å². The fourth-order valence-electron chi connectivity index (χ4n) is 2.44. The first-order chi connectivity index (χ1) is 14.5. The summed E-state index contributed by atoms with van der Waals surface area (Å²) in [6.07, 6.45) is 0. The number of ether oxygens (including phenoxy) is 3. The average molecular weight is 491 g/mol. The number of nitrogens with zero attached hydrogens (tertiary/aromatic N) is 1. The van der Waals surface area contributed by atoms with Crippen LogP contribution < -0.4 is 14.8 Å². The molecular weight excluding hydrogens is 472 g/mol. The molecule has 0 spiro atoms. The molecule has 1 aromatic heterocycles. The van der Waals surface area contributed by atoms with Crippen molar-refractivity contribution in [1.82, 2.24) is 4.98 Å². The number of carbonyl (C=O) groups is 2. The van der Waals surface area contributed by atoms with Gasteiger partial charge in [-0.15, -0.1) is 11.3 Å². The van der Waals surface area contributed by atoms with Crippen LogP contribution in [0.5, 0.6) is 11.5 Å². The Labute approximate surface area is 186 Å². The minimum atomic E-state index is -0.662. The van der Waals surface area contributed by atoms with Gasteiger partial charge in [0.2, 0.25) is 0 Å². The molecule has 1 N–H and O–H groups in total. The zero-order chi connectivity index (χ0) is 21.3. The molecule has 9 heteroatoms. The molecule has 0 unspecified atom stereocenters. The Hall–Kier alpha value is -2.91. The molecule has 1 amide bonds. The minimum Gasteiger partial charge on any atom is -0.490 e. The largest absolute Gasteiger partial charge is 0.490 e. The first kappa shape index (κ1) is 21.8. The maximum absolute atomic E-state index is 12.0. The third-order valence-corrected chi connectivity index (χ3v) is 4.98. The number of anilines is 1. The monoisotopic (exact) mass is 490 g/mol. The van der Waals surface area contributed by atoms with Crippen molar-refractivity contribution in [3.05, 3.63) is 58.4 Å². The fourth-order valence-corrected chi connectivity index (χ4v) is 3.57. The molecule has 0 bridgehead atoms. The predicted octanol–water partition coefficient (Wildman–Crippen LogP) is 4.53. The number of nitrogens with one attached hydrogen (secondary N) is 1. The highest BCUT2D eigenvalue weighted by Gasteiger charge is 2.12. The minimum absolute atomic E-state index is 0.332. The van der Waals surface area contributed by atoms with E-state index < -0.39 is 18.5 Å². The number of esters is 1. The smallest absolute Gasteiger partial charge is 0.344 e. The van der Waals surface area contributed by atoms with Crippen molar-refractivity contribution in [2.45, 2.75) is 6.92 Å². The number of para-hydroxylation sites is 2. The molecule has 3 rings (SSSR count). The van der Waals surface area contributed by atoms with Crippen LogP contribution in [0.1, 0.15) is 6.92 Å². The Balaban J connectivity index is 1.45. The molecule has 30 heavy (non-hydrogen) atoms. The predicted molar refractivity (Wildman–Crippen MR) is 118 cm³/mol. The average Bonchev–Trinajstić information content (AvgIpc) is 3.20. The van der Waals surface area contributed by atoms with Crippen LogP contribution in [0.2, 0.25) is 0 Å². The van der Waals surface area contributed by atoms with Gasteiger partial charge in [0.1, 0.15) is 0 Å². The molecule has 2 aromatic carbocycles. The molecule has 0 saturated heterocycles. The highest BCUT2D eigenvalue weighted by molar-refractivity contribution is 9.10. The van der Waals surface area contributed by atoms with E-state index in [9.17, 15) is 9.59 Å². The maximum Gasteiger partial charge on any atom is 0.344 e. The van der Waals surface area contributed by atoms with Gasteiger partial charge in [0.25, 0.3) is 5.91 Å². The van der Waals surface area contributed by atoms with Crippen molar-refractivity contribution in [3.63, 3.8) is 0 Å². The number of thiazole rings is 1. The fraction of sp³-hybridized carbons (Fsp3) is 0.190. The number of benzene rings is 2. The van der Waals surface area contributed by atoms with Crippen molar-refractivity contribution < 1.29 is 23.8 Å². The second kappa shape index (κ2) is 10.7. The Kier molecular flexibility index (Phi) is 7.81. The van der Waals surface area contributed by atoms with Gasteiger partial charge in [-0.2, -0.15) is 0 Å². The second-order valence-electron chi connectivity index (χ2n) is 5.93.